The Balaban J connectivity index is 1.87. The van der Waals surface area contributed by atoms with Crippen molar-refractivity contribution in [1.29, 1.82) is 0 Å². The van der Waals surface area contributed by atoms with Gasteiger partial charge in [0.15, 0.2) is 0 Å². The summed E-state index contributed by atoms with van der Waals surface area (Å²) in [5.41, 5.74) is 3.10. The fourth-order valence-electron chi connectivity index (χ4n) is 3.82. The highest BCUT2D eigenvalue weighted by Crippen LogP contribution is 2.28. The van der Waals surface area contributed by atoms with Crippen LogP contribution >= 0.6 is 0 Å². The third-order valence-electron chi connectivity index (χ3n) is 5.39. The van der Waals surface area contributed by atoms with E-state index in [2.05, 4.69) is 5.32 Å². The summed E-state index contributed by atoms with van der Waals surface area (Å²) in [7, 11) is 3.33. The van der Waals surface area contributed by atoms with Gasteiger partial charge >= 0.3 is 0 Å². The van der Waals surface area contributed by atoms with Crippen LogP contribution in [-0.2, 0) is 33.8 Å². The number of amides is 3. The Labute approximate surface area is 182 Å². The summed E-state index contributed by atoms with van der Waals surface area (Å²) in [4.78, 5) is 41.0. The number of carbonyl (C=O) groups is 3. The van der Waals surface area contributed by atoms with Crippen molar-refractivity contribution in [3.05, 3.63) is 65.0 Å². The molecule has 2 aromatic carbocycles. The van der Waals surface area contributed by atoms with E-state index in [1.165, 1.54) is 17.0 Å². The molecule has 7 heteroatoms. The van der Waals surface area contributed by atoms with E-state index in [4.69, 9.17) is 0 Å². The SMILES string of the molecule is CCCC(=O)Nc1ccc2c(c1)CN(C(=O)Cc1cccc(F)c1)C(C(=O)N(C)C)C2. The Kier molecular flexibility index (Phi) is 7.05. The molecule has 1 unspecified atom stereocenters. The molecule has 0 radical (unpaired) electrons. The number of likely N-dealkylation sites (N-methyl/N-ethyl adjacent to an activating group) is 1. The van der Waals surface area contributed by atoms with Gasteiger partial charge < -0.3 is 15.1 Å². The number of anilines is 1. The zero-order valence-corrected chi connectivity index (χ0v) is 18.2. The highest BCUT2D eigenvalue weighted by Gasteiger charge is 2.35. The molecule has 2 aromatic rings. The van der Waals surface area contributed by atoms with Gasteiger partial charge in [-0.25, -0.2) is 4.39 Å². The fourth-order valence-corrected chi connectivity index (χ4v) is 3.82. The molecule has 3 rings (SSSR count). The van der Waals surface area contributed by atoms with Gasteiger partial charge in [-0.05, 0) is 47.4 Å². The van der Waals surface area contributed by atoms with Crippen molar-refractivity contribution in [2.24, 2.45) is 0 Å². The molecule has 164 valence electrons. The molecule has 0 spiro atoms. The van der Waals surface area contributed by atoms with Crippen LogP contribution in [0.15, 0.2) is 42.5 Å². The van der Waals surface area contributed by atoms with Crippen molar-refractivity contribution in [3.8, 4) is 0 Å². The van der Waals surface area contributed by atoms with Crippen molar-refractivity contribution < 1.29 is 18.8 Å². The molecule has 0 aliphatic carbocycles. The van der Waals surface area contributed by atoms with E-state index in [0.717, 1.165) is 17.5 Å². The second kappa shape index (κ2) is 9.73. The van der Waals surface area contributed by atoms with E-state index < -0.39 is 11.9 Å². The number of carbonyl (C=O) groups excluding carboxylic acids is 3. The fraction of sp³-hybridized carbons (Fsp3) is 0.375. The van der Waals surface area contributed by atoms with Crippen molar-refractivity contribution >= 4 is 23.4 Å². The lowest BCUT2D eigenvalue weighted by atomic mass is 9.92. The average molecular weight is 426 g/mol. The van der Waals surface area contributed by atoms with Crippen LogP contribution in [0.3, 0.4) is 0 Å². The Morgan fingerprint density at radius 2 is 1.90 bits per heavy atom. The minimum Gasteiger partial charge on any atom is -0.347 e. The highest BCUT2D eigenvalue weighted by atomic mass is 19.1. The van der Waals surface area contributed by atoms with Gasteiger partial charge in [-0.15, -0.1) is 0 Å². The molecule has 1 heterocycles. The molecule has 0 aromatic heterocycles. The zero-order valence-electron chi connectivity index (χ0n) is 18.2. The first-order valence-corrected chi connectivity index (χ1v) is 10.4. The van der Waals surface area contributed by atoms with Gasteiger partial charge in [0, 0.05) is 39.2 Å². The molecule has 0 saturated heterocycles. The second-order valence-electron chi connectivity index (χ2n) is 8.06. The maximum atomic E-state index is 13.6. The number of halogens is 1. The summed E-state index contributed by atoms with van der Waals surface area (Å²) in [6.07, 6.45) is 1.60. The molecule has 0 bridgehead atoms. The molecular weight excluding hydrogens is 397 g/mol. The Morgan fingerprint density at radius 3 is 2.58 bits per heavy atom. The smallest absolute Gasteiger partial charge is 0.245 e. The standard InChI is InChI=1S/C24H28FN3O3/c1-4-6-22(29)26-20-10-9-17-14-21(24(31)27(2)3)28(15-18(17)13-20)23(30)12-16-7-5-8-19(25)11-16/h5,7-11,13,21H,4,6,12,14-15H2,1-3H3,(H,26,29). The number of fused-ring (bicyclic) bond motifs is 1. The van der Waals surface area contributed by atoms with Crippen molar-refractivity contribution in [3.63, 3.8) is 0 Å². The topological polar surface area (TPSA) is 69.7 Å². The molecule has 0 saturated carbocycles. The van der Waals surface area contributed by atoms with Crippen molar-refractivity contribution in [1.82, 2.24) is 9.80 Å². The average Bonchev–Trinajstić information content (AvgIpc) is 2.72. The molecule has 1 atom stereocenters. The lowest BCUT2D eigenvalue weighted by molar-refractivity contribution is -0.145. The van der Waals surface area contributed by atoms with Crippen LogP contribution in [0.1, 0.15) is 36.5 Å². The van der Waals surface area contributed by atoms with Gasteiger partial charge in [-0.1, -0.05) is 25.1 Å². The van der Waals surface area contributed by atoms with Crippen LogP contribution in [-0.4, -0.2) is 47.7 Å². The van der Waals surface area contributed by atoms with E-state index in [0.29, 0.717) is 24.1 Å². The first-order chi connectivity index (χ1) is 14.8. The number of benzene rings is 2. The Hall–Kier alpha value is -3.22. The monoisotopic (exact) mass is 425 g/mol. The molecule has 3 amide bonds. The van der Waals surface area contributed by atoms with E-state index in [9.17, 15) is 18.8 Å². The number of hydrogen-bond acceptors (Lipinski definition) is 3. The maximum Gasteiger partial charge on any atom is 0.245 e. The quantitative estimate of drug-likeness (QED) is 0.773. The van der Waals surface area contributed by atoms with Gasteiger partial charge in [0.1, 0.15) is 11.9 Å². The van der Waals surface area contributed by atoms with Crippen LogP contribution in [0.4, 0.5) is 10.1 Å². The van der Waals surface area contributed by atoms with Gasteiger partial charge in [0.2, 0.25) is 17.7 Å². The van der Waals surface area contributed by atoms with Crippen LogP contribution in [0.25, 0.3) is 0 Å². The minimum absolute atomic E-state index is 0.0111. The lowest BCUT2D eigenvalue weighted by Crippen LogP contribution is -2.52. The summed E-state index contributed by atoms with van der Waals surface area (Å²) >= 11 is 0. The third-order valence-corrected chi connectivity index (χ3v) is 5.39. The van der Waals surface area contributed by atoms with Crippen LogP contribution in [0.5, 0.6) is 0 Å². The van der Waals surface area contributed by atoms with Gasteiger partial charge in [-0.3, -0.25) is 14.4 Å². The third kappa shape index (κ3) is 5.48. The van der Waals surface area contributed by atoms with E-state index in [1.54, 1.807) is 31.1 Å². The summed E-state index contributed by atoms with van der Waals surface area (Å²) in [5, 5.41) is 2.88. The largest absolute Gasteiger partial charge is 0.347 e. The first kappa shape index (κ1) is 22.5. The molecule has 0 fully saturated rings. The van der Waals surface area contributed by atoms with Crippen molar-refractivity contribution in [2.45, 2.75) is 45.2 Å². The summed E-state index contributed by atoms with van der Waals surface area (Å²) in [6.45, 7) is 2.20. The van der Waals surface area contributed by atoms with Gasteiger partial charge in [-0.2, -0.15) is 0 Å². The normalized spacial score (nSPS) is 15.2. The Bertz CT molecular complexity index is 990. The summed E-state index contributed by atoms with van der Waals surface area (Å²) < 4.78 is 13.6. The summed E-state index contributed by atoms with van der Waals surface area (Å²) in [6, 6.07) is 10.9. The molecule has 1 N–H and O–H groups in total. The van der Waals surface area contributed by atoms with Crippen LogP contribution < -0.4 is 5.32 Å². The van der Waals surface area contributed by atoms with Crippen LogP contribution in [0.2, 0.25) is 0 Å². The lowest BCUT2D eigenvalue weighted by Gasteiger charge is -2.37. The molecule has 6 nitrogen and oxygen atoms in total. The maximum absolute atomic E-state index is 13.6. The predicted molar refractivity (Wildman–Crippen MR) is 117 cm³/mol. The van der Waals surface area contributed by atoms with Crippen molar-refractivity contribution in [2.75, 3.05) is 19.4 Å². The highest BCUT2D eigenvalue weighted by molar-refractivity contribution is 5.91. The Morgan fingerprint density at radius 1 is 1.13 bits per heavy atom. The predicted octanol–water partition coefficient (Wildman–Crippen LogP) is 3.15. The number of rotatable bonds is 6. The van der Waals surface area contributed by atoms with Gasteiger partial charge in [0.25, 0.3) is 0 Å². The first-order valence-electron chi connectivity index (χ1n) is 10.4. The molecule has 1 aliphatic rings. The van der Waals surface area contributed by atoms with E-state index >= 15 is 0 Å². The number of nitrogens with zero attached hydrogens (tertiary/aromatic N) is 2. The van der Waals surface area contributed by atoms with Crippen LogP contribution in [0, 0.1) is 5.82 Å². The molecule has 31 heavy (non-hydrogen) atoms. The second-order valence-corrected chi connectivity index (χ2v) is 8.06. The van der Waals surface area contributed by atoms with Gasteiger partial charge in [0.05, 0.1) is 6.42 Å². The summed E-state index contributed by atoms with van der Waals surface area (Å²) in [5.74, 6) is -0.851. The minimum atomic E-state index is -0.621. The van der Waals surface area contributed by atoms with E-state index in [1.807, 2.05) is 25.1 Å². The number of nitrogens with one attached hydrogen (secondary N) is 1. The number of hydrogen-bond donors (Lipinski definition) is 1. The molecule has 1 aliphatic heterocycles. The van der Waals surface area contributed by atoms with E-state index in [-0.39, 0.29) is 30.7 Å². The molecular formula is C24H28FN3O3. The zero-order chi connectivity index (χ0) is 22.5.